The number of hydroxylamine groups is 3. The van der Waals surface area contributed by atoms with Gasteiger partial charge in [-0.1, -0.05) is 18.2 Å². The van der Waals surface area contributed by atoms with Crippen molar-refractivity contribution in [2.24, 2.45) is 0 Å². The highest BCUT2D eigenvalue weighted by Gasteiger charge is 2.47. The molecule has 1 aliphatic heterocycles. The van der Waals surface area contributed by atoms with Gasteiger partial charge in [0, 0.05) is 10.9 Å². The van der Waals surface area contributed by atoms with Crippen LogP contribution in [0, 0.1) is 0 Å². The minimum absolute atomic E-state index is 0.235. The molecule has 3 aromatic rings. The fraction of sp³-hybridized carbons (Fsp3) is 0.250. The van der Waals surface area contributed by atoms with Gasteiger partial charge in [-0.15, -0.1) is 16.0 Å². The Bertz CT molecular complexity index is 836. The predicted octanol–water partition coefficient (Wildman–Crippen LogP) is 3.22. The smallest absolute Gasteiger partial charge is 0.258 e. The Morgan fingerprint density at radius 3 is 3.05 bits per heavy atom. The van der Waals surface area contributed by atoms with Crippen LogP contribution in [0.3, 0.4) is 0 Å². The molecule has 2 unspecified atom stereocenters. The molecule has 5 nitrogen and oxygen atoms in total. The molecule has 2 atom stereocenters. The number of quaternary nitrogens is 1. The Labute approximate surface area is 131 Å². The minimum Gasteiger partial charge on any atom is -0.258 e. The van der Waals surface area contributed by atoms with E-state index in [9.17, 15) is 10.0 Å². The maximum absolute atomic E-state index is 12.9. The van der Waals surface area contributed by atoms with Crippen molar-refractivity contribution in [2.75, 3.05) is 6.54 Å². The molecule has 1 aliphatic rings. The average molecular weight is 314 g/mol. The van der Waals surface area contributed by atoms with E-state index < -0.39 is 4.65 Å². The average Bonchev–Trinajstić information content (AvgIpc) is 3.16. The monoisotopic (exact) mass is 314 g/mol. The van der Waals surface area contributed by atoms with Crippen LogP contribution >= 0.6 is 11.3 Å². The standard InChI is InChI=1S/C16H16N3O2S/c1-11-13-6-7-17-18(13)8-9-19(11,21)16(20)15-10-12-4-2-3-5-14(12)22-15/h2-7,10-11,21H,8-9H2,1H3/q+1. The molecule has 1 amide bonds. The normalized spacial score (nSPS) is 24.4. The molecule has 0 fully saturated rings. The van der Waals surface area contributed by atoms with Crippen molar-refractivity contribution < 1.29 is 14.6 Å². The summed E-state index contributed by atoms with van der Waals surface area (Å²) < 4.78 is 2.33. The molecular weight excluding hydrogens is 298 g/mol. The zero-order valence-electron chi connectivity index (χ0n) is 12.1. The zero-order chi connectivity index (χ0) is 15.3. The fourth-order valence-electron chi connectivity index (χ4n) is 3.10. The molecule has 0 aliphatic carbocycles. The number of benzene rings is 1. The molecule has 4 rings (SSSR count). The number of aromatic nitrogens is 2. The molecule has 6 heteroatoms. The third-order valence-corrected chi connectivity index (χ3v) is 5.56. The van der Waals surface area contributed by atoms with E-state index in [1.165, 1.54) is 11.3 Å². The van der Waals surface area contributed by atoms with Gasteiger partial charge in [0.25, 0.3) is 0 Å². The second-order valence-electron chi connectivity index (χ2n) is 5.66. The summed E-state index contributed by atoms with van der Waals surface area (Å²) in [5.41, 5.74) is 0.892. The van der Waals surface area contributed by atoms with Crippen molar-refractivity contribution in [3.05, 3.63) is 53.2 Å². The molecule has 1 N–H and O–H groups in total. The van der Waals surface area contributed by atoms with Crippen LogP contribution in [0.1, 0.15) is 28.3 Å². The van der Waals surface area contributed by atoms with Crippen molar-refractivity contribution in [1.82, 2.24) is 9.78 Å². The number of hydrogen-bond acceptors (Lipinski definition) is 4. The van der Waals surface area contributed by atoms with Crippen LogP contribution in [0.2, 0.25) is 0 Å². The number of fused-ring (bicyclic) bond motifs is 2. The third-order valence-electron chi connectivity index (χ3n) is 4.46. The number of amides is 1. The topological polar surface area (TPSA) is 55.1 Å². The van der Waals surface area contributed by atoms with Gasteiger partial charge in [0.1, 0.15) is 11.4 Å². The van der Waals surface area contributed by atoms with Crippen molar-refractivity contribution in [3.8, 4) is 0 Å². The van der Waals surface area contributed by atoms with Gasteiger partial charge in [0.2, 0.25) is 0 Å². The number of carbonyl (C=O) groups excluding carboxylic acids is 1. The lowest BCUT2D eigenvalue weighted by Crippen LogP contribution is -2.56. The van der Waals surface area contributed by atoms with Gasteiger partial charge in [0.05, 0.1) is 12.2 Å². The van der Waals surface area contributed by atoms with Gasteiger partial charge in [0.15, 0.2) is 6.04 Å². The fourth-order valence-corrected chi connectivity index (χ4v) is 4.16. The van der Waals surface area contributed by atoms with Crippen LogP contribution in [-0.2, 0) is 6.54 Å². The maximum atomic E-state index is 12.9. The molecule has 0 radical (unpaired) electrons. The van der Waals surface area contributed by atoms with E-state index in [1.54, 1.807) is 6.20 Å². The summed E-state index contributed by atoms with van der Waals surface area (Å²) in [4.78, 5) is 13.5. The highest BCUT2D eigenvalue weighted by Crippen LogP contribution is 2.35. The Kier molecular flexibility index (Phi) is 2.94. The lowest BCUT2D eigenvalue weighted by Gasteiger charge is -2.36. The first-order chi connectivity index (χ1) is 10.6. The van der Waals surface area contributed by atoms with E-state index >= 15 is 0 Å². The third kappa shape index (κ3) is 1.85. The Balaban J connectivity index is 1.75. The predicted molar refractivity (Wildman–Crippen MR) is 83.7 cm³/mol. The van der Waals surface area contributed by atoms with Crippen molar-refractivity contribution in [3.63, 3.8) is 0 Å². The van der Waals surface area contributed by atoms with E-state index in [-0.39, 0.29) is 11.9 Å². The largest absolute Gasteiger partial charge is 0.388 e. The quantitative estimate of drug-likeness (QED) is 0.554. The summed E-state index contributed by atoms with van der Waals surface area (Å²) in [6.07, 6.45) is 1.71. The van der Waals surface area contributed by atoms with Crippen LogP contribution in [0.5, 0.6) is 0 Å². The molecular formula is C16H16N3O2S+. The van der Waals surface area contributed by atoms with Gasteiger partial charge >= 0.3 is 5.91 Å². The molecule has 0 saturated heterocycles. The second-order valence-corrected chi connectivity index (χ2v) is 6.74. The van der Waals surface area contributed by atoms with Crippen LogP contribution < -0.4 is 0 Å². The van der Waals surface area contributed by atoms with E-state index in [2.05, 4.69) is 5.10 Å². The Hall–Kier alpha value is -2.02. The number of thiophene rings is 1. The molecule has 0 saturated carbocycles. The molecule has 3 heterocycles. The van der Waals surface area contributed by atoms with Crippen molar-refractivity contribution in [2.45, 2.75) is 19.5 Å². The van der Waals surface area contributed by atoms with Gasteiger partial charge < -0.3 is 0 Å². The van der Waals surface area contributed by atoms with Crippen LogP contribution in [-0.4, -0.2) is 32.1 Å². The van der Waals surface area contributed by atoms with Gasteiger partial charge in [-0.25, -0.2) is 10.0 Å². The van der Waals surface area contributed by atoms with Crippen LogP contribution in [0.15, 0.2) is 42.6 Å². The number of hydrogen-bond donors (Lipinski definition) is 1. The van der Waals surface area contributed by atoms with E-state index in [0.717, 1.165) is 15.8 Å². The first-order valence-electron chi connectivity index (χ1n) is 7.25. The summed E-state index contributed by atoms with van der Waals surface area (Å²) >= 11 is 1.44. The summed E-state index contributed by atoms with van der Waals surface area (Å²) in [5.74, 6) is -0.235. The summed E-state index contributed by atoms with van der Waals surface area (Å²) in [6.45, 7) is 2.75. The molecule has 0 bridgehead atoms. The summed E-state index contributed by atoms with van der Waals surface area (Å²) in [7, 11) is 0. The van der Waals surface area contributed by atoms with E-state index in [1.807, 2.05) is 48.0 Å². The summed E-state index contributed by atoms with van der Waals surface area (Å²) in [5, 5.41) is 16.3. The summed E-state index contributed by atoms with van der Waals surface area (Å²) in [6, 6.07) is 11.3. The molecule has 1 aromatic carbocycles. The Morgan fingerprint density at radius 1 is 1.41 bits per heavy atom. The minimum atomic E-state index is -0.585. The second kappa shape index (κ2) is 4.74. The van der Waals surface area contributed by atoms with Gasteiger partial charge in [-0.2, -0.15) is 5.10 Å². The first-order valence-corrected chi connectivity index (χ1v) is 8.07. The van der Waals surface area contributed by atoms with Gasteiger partial charge in [-0.05, 0) is 30.5 Å². The zero-order valence-corrected chi connectivity index (χ0v) is 13.0. The molecule has 112 valence electrons. The highest BCUT2D eigenvalue weighted by atomic mass is 32.1. The lowest BCUT2D eigenvalue weighted by atomic mass is 10.1. The van der Waals surface area contributed by atoms with Crippen LogP contribution in [0.4, 0.5) is 0 Å². The first kappa shape index (κ1) is 13.6. The van der Waals surface area contributed by atoms with Crippen molar-refractivity contribution in [1.29, 1.82) is 0 Å². The number of carbonyl (C=O) groups is 1. The number of nitrogens with zero attached hydrogens (tertiary/aromatic N) is 3. The molecule has 0 spiro atoms. The number of rotatable bonds is 1. The SMILES string of the molecule is CC1c2ccnn2CC[N+]1(O)C(=O)c1cc2ccccc2s1. The maximum Gasteiger partial charge on any atom is 0.388 e. The molecule has 2 aromatic heterocycles. The Morgan fingerprint density at radius 2 is 2.23 bits per heavy atom. The van der Waals surface area contributed by atoms with Gasteiger partial charge in [-0.3, -0.25) is 4.68 Å². The molecule has 22 heavy (non-hydrogen) atoms. The van der Waals surface area contributed by atoms with Crippen LogP contribution in [0.25, 0.3) is 10.1 Å². The highest BCUT2D eigenvalue weighted by molar-refractivity contribution is 7.20. The lowest BCUT2D eigenvalue weighted by molar-refractivity contribution is -1.06. The van der Waals surface area contributed by atoms with E-state index in [0.29, 0.717) is 18.0 Å². The van der Waals surface area contributed by atoms with Crippen molar-refractivity contribution >= 4 is 27.3 Å². The van der Waals surface area contributed by atoms with E-state index in [4.69, 9.17) is 0 Å².